The van der Waals surface area contributed by atoms with E-state index in [4.69, 9.17) is 4.74 Å². The Bertz CT molecular complexity index is 552. The number of halogens is 2. The fourth-order valence-electron chi connectivity index (χ4n) is 1.66. The zero-order valence-electron chi connectivity index (χ0n) is 9.55. The Morgan fingerprint density at radius 2 is 2.00 bits per heavy atom. The highest BCUT2D eigenvalue weighted by Crippen LogP contribution is 2.33. The monoisotopic (exact) mass is 401 g/mol. The highest BCUT2D eigenvalue weighted by molar-refractivity contribution is 14.1. The molecule has 0 fully saturated rings. The molecule has 0 bridgehead atoms. The Hall–Kier alpha value is -0.550. The highest BCUT2D eigenvalue weighted by atomic mass is 127. The molecule has 0 saturated heterocycles. The summed E-state index contributed by atoms with van der Waals surface area (Å²) in [6, 6.07) is 13.4. The van der Waals surface area contributed by atoms with Gasteiger partial charge in [0.2, 0.25) is 0 Å². The molecule has 1 nitrogen and oxygen atoms in total. The van der Waals surface area contributed by atoms with Crippen LogP contribution < -0.4 is 4.74 Å². The molecule has 0 N–H and O–H groups in total. The van der Waals surface area contributed by atoms with E-state index in [1.807, 2.05) is 12.1 Å². The molecule has 1 radical (unpaired) electrons. The molecule has 3 heteroatoms. The summed E-state index contributed by atoms with van der Waals surface area (Å²) in [4.78, 5) is 0. The number of ether oxygens (including phenoxy) is 1. The van der Waals surface area contributed by atoms with Gasteiger partial charge < -0.3 is 4.74 Å². The van der Waals surface area contributed by atoms with E-state index in [0.717, 1.165) is 10.2 Å². The molecule has 0 aliphatic carbocycles. The van der Waals surface area contributed by atoms with E-state index in [1.165, 1.54) is 20.3 Å². The van der Waals surface area contributed by atoms with E-state index in [0.29, 0.717) is 0 Å². The van der Waals surface area contributed by atoms with Crippen molar-refractivity contribution in [3.8, 4) is 16.9 Å². The van der Waals surface area contributed by atoms with Crippen LogP contribution in [0, 0.1) is 16.6 Å². The van der Waals surface area contributed by atoms with Gasteiger partial charge in [-0.25, -0.2) is 0 Å². The van der Waals surface area contributed by atoms with Crippen LogP contribution in [0.4, 0.5) is 0 Å². The summed E-state index contributed by atoms with van der Waals surface area (Å²) < 4.78 is 7.54. The minimum Gasteiger partial charge on any atom is -0.496 e. The van der Waals surface area contributed by atoms with E-state index < -0.39 is 0 Å². The lowest BCUT2D eigenvalue weighted by molar-refractivity contribution is 0.414. The third kappa shape index (κ3) is 2.83. The van der Waals surface area contributed by atoms with Crippen LogP contribution in [0.1, 0.15) is 5.56 Å². The van der Waals surface area contributed by atoms with Crippen molar-refractivity contribution in [3.05, 3.63) is 50.0 Å². The molecule has 0 saturated carbocycles. The minimum absolute atomic E-state index is 0.761. The first-order chi connectivity index (χ1) is 8.11. The Morgan fingerprint density at radius 1 is 1.24 bits per heavy atom. The predicted octanol–water partition coefficient (Wildman–Crippen LogP) is 4.84. The van der Waals surface area contributed by atoms with Crippen molar-refractivity contribution in [3.63, 3.8) is 0 Å². The van der Waals surface area contributed by atoms with Gasteiger partial charge in [0.25, 0.3) is 0 Å². The molecule has 0 spiro atoms. The average Bonchev–Trinajstić information content (AvgIpc) is 2.33. The summed E-state index contributed by atoms with van der Waals surface area (Å²) in [6.07, 6.45) is 0. The lowest BCUT2D eigenvalue weighted by atomic mass is 10.0. The normalized spacial score (nSPS) is 10.4. The molecule has 2 rings (SSSR count). The lowest BCUT2D eigenvalue weighted by Crippen LogP contribution is -1.89. The van der Waals surface area contributed by atoms with Gasteiger partial charge in [0.05, 0.1) is 7.11 Å². The third-order valence-electron chi connectivity index (χ3n) is 2.57. The molecule has 2 aromatic rings. The number of aryl methyl sites for hydroxylation is 1. The molecule has 0 heterocycles. The topological polar surface area (TPSA) is 9.23 Å². The fourth-order valence-corrected chi connectivity index (χ4v) is 2.61. The third-order valence-corrected chi connectivity index (χ3v) is 3.93. The van der Waals surface area contributed by atoms with Gasteiger partial charge in [-0.15, -0.1) is 0 Å². The molecular weight excluding hydrogens is 391 g/mol. The van der Waals surface area contributed by atoms with Gasteiger partial charge in [-0.3, -0.25) is 0 Å². The van der Waals surface area contributed by atoms with Gasteiger partial charge in [0.15, 0.2) is 0 Å². The molecule has 2 aromatic carbocycles. The van der Waals surface area contributed by atoms with Crippen LogP contribution in [0.25, 0.3) is 11.1 Å². The standard InChI is InChI=1S/C14H11BrIO/c1-9-3-5-11(17-2)8-12(9)13-7-10(16)4-6-14(13)15/h3-4,6-8H,1-2H3. The van der Waals surface area contributed by atoms with Gasteiger partial charge in [0, 0.05) is 14.1 Å². The second-order valence-electron chi connectivity index (χ2n) is 3.72. The Kier molecular flexibility index (Phi) is 4.09. The molecule has 17 heavy (non-hydrogen) atoms. The van der Waals surface area contributed by atoms with E-state index in [2.05, 4.69) is 69.7 Å². The van der Waals surface area contributed by atoms with Crippen molar-refractivity contribution in [2.45, 2.75) is 6.92 Å². The summed E-state index contributed by atoms with van der Waals surface area (Å²) in [7, 11) is 1.66. The van der Waals surface area contributed by atoms with Crippen molar-refractivity contribution in [2.24, 2.45) is 0 Å². The molecular formula is C14H11BrIO. The summed E-state index contributed by atoms with van der Waals surface area (Å²) in [5.41, 5.74) is 3.54. The number of hydrogen-bond donors (Lipinski definition) is 0. The Balaban J connectivity index is 2.62. The number of methoxy groups -OCH3 is 1. The first-order valence-corrected chi connectivity index (χ1v) is 7.00. The molecule has 0 atom stereocenters. The van der Waals surface area contributed by atoms with E-state index in [9.17, 15) is 0 Å². The predicted molar refractivity (Wildman–Crippen MR) is 82.4 cm³/mol. The maximum atomic E-state index is 5.23. The van der Waals surface area contributed by atoms with Crippen LogP contribution in [-0.4, -0.2) is 7.11 Å². The van der Waals surface area contributed by atoms with Gasteiger partial charge in [-0.2, -0.15) is 0 Å². The Labute approximate surface area is 123 Å². The second kappa shape index (κ2) is 5.40. The van der Waals surface area contributed by atoms with Crippen LogP contribution in [0.15, 0.2) is 34.8 Å². The molecule has 87 valence electrons. The second-order valence-corrected chi connectivity index (χ2v) is 5.82. The molecule has 0 aliphatic rings. The molecule has 0 aromatic heterocycles. The van der Waals surface area contributed by atoms with Crippen molar-refractivity contribution in [2.75, 3.05) is 7.11 Å². The largest absolute Gasteiger partial charge is 0.496 e. The SMILES string of the molecule is COc1[c]cc(C)c(-c2cc(I)ccc2Br)c1. The van der Waals surface area contributed by atoms with Gasteiger partial charge in [-0.1, -0.05) is 15.9 Å². The van der Waals surface area contributed by atoms with Gasteiger partial charge in [0.1, 0.15) is 5.75 Å². The smallest absolute Gasteiger partial charge is 0.127 e. The van der Waals surface area contributed by atoms with Crippen LogP contribution in [0.3, 0.4) is 0 Å². The summed E-state index contributed by atoms with van der Waals surface area (Å²) in [6.45, 7) is 2.08. The molecule has 0 aliphatic heterocycles. The highest BCUT2D eigenvalue weighted by Gasteiger charge is 2.08. The van der Waals surface area contributed by atoms with Crippen LogP contribution >= 0.6 is 38.5 Å². The van der Waals surface area contributed by atoms with Crippen molar-refractivity contribution in [1.29, 1.82) is 0 Å². The first-order valence-electron chi connectivity index (χ1n) is 5.13. The van der Waals surface area contributed by atoms with Crippen molar-refractivity contribution in [1.82, 2.24) is 0 Å². The van der Waals surface area contributed by atoms with Crippen LogP contribution in [-0.2, 0) is 0 Å². The van der Waals surface area contributed by atoms with Gasteiger partial charge in [-0.05, 0) is 76.5 Å². The average molecular weight is 402 g/mol. The van der Waals surface area contributed by atoms with Crippen LogP contribution in [0.2, 0.25) is 0 Å². The lowest BCUT2D eigenvalue weighted by Gasteiger charge is -2.10. The van der Waals surface area contributed by atoms with Crippen molar-refractivity contribution >= 4 is 38.5 Å². The zero-order chi connectivity index (χ0) is 12.4. The quantitative estimate of drug-likeness (QED) is 0.654. The van der Waals surface area contributed by atoms with E-state index in [-0.39, 0.29) is 0 Å². The van der Waals surface area contributed by atoms with Crippen LogP contribution in [0.5, 0.6) is 5.75 Å². The molecule has 0 amide bonds. The Morgan fingerprint density at radius 3 is 2.71 bits per heavy atom. The summed E-state index contributed by atoms with van der Waals surface area (Å²) in [5.74, 6) is 0.761. The summed E-state index contributed by atoms with van der Waals surface area (Å²) >= 11 is 5.91. The number of rotatable bonds is 2. The molecule has 0 unspecified atom stereocenters. The first kappa shape index (κ1) is 12.9. The van der Waals surface area contributed by atoms with Crippen molar-refractivity contribution < 1.29 is 4.74 Å². The number of hydrogen-bond acceptors (Lipinski definition) is 1. The van der Waals surface area contributed by atoms with Gasteiger partial charge >= 0.3 is 0 Å². The minimum atomic E-state index is 0.761. The maximum Gasteiger partial charge on any atom is 0.127 e. The fraction of sp³-hybridized carbons (Fsp3) is 0.143. The van der Waals surface area contributed by atoms with E-state index in [1.54, 1.807) is 7.11 Å². The zero-order valence-corrected chi connectivity index (χ0v) is 13.3. The van der Waals surface area contributed by atoms with E-state index >= 15 is 0 Å². The number of benzene rings is 2. The summed E-state index contributed by atoms with van der Waals surface area (Å²) in [5, 5.41) is 0. The maximum absolute atomic E-state index is 5.23.